The van der Waals surface area contributed by atoms with E-state index < -0.39 is 0 Å². The summed E-state index contributed by atoms with van der Waals surface area (Å²) in [7, 11) is 0. The Balaban J connectivity index is 2.18. The fourth-order valence-electron chi connectivity index (χ4n) is 1.64. The van der Waals surface area contributed by atoms with Gasteiger partial charge >= 0.3 is 0 Å². The van der Waals surface area contributed by atoms with Crippen LogP contribution in [0.25, 0.3) is 0 Å². The first-order chi connectivity index (χ1) is 6.77. The number of hydrogen-bond donors (Lipinski definition) is 1. The lowest BCUT2D eigenvalue weighted by atomic mass is 10.0. The van der Waals surface area contributed by atoms with Crippen LogP contribution in [0.15, 0.2) is 6.20 Å². The molecule has 0 amide bonds. The number of hydrogen-bond acceptors (Lipinski definition) is 4. The van der Waals surface area contributed by atoms with Crippen LogP contribution >= 0.6 is 0 Å². The maximum absolute atomic E-state index is 5.66. The number of anilines is 1. The summed E-state index contributed by atoms with van der Waals surface area (Å²) in [4.78, 5) is 8.63. The molecule has 1 saturated heterocycles. The molecule has 4 nitrogen and oxygen atoms in total. The Morgan fingerprint density at radius 1 is 1.57 bits per heavy atom. The van der Waals surface area contributed by atoms with Crippen molar-refractivity contribution in [2.45, 2.75) is 25.7 Å². The summed E-state index contributed by atoms with van der Waals surface area (Å²) in [6.07, 6.45) is 3.90. The summed E-state index contributed by atoms with van der Waals surface area (Å²) in [6, 6.07) is 0. The maximum Gasteiger partial charge on any atom is 0.134 e. The van der Waals surface area contributed by atoms with Gasteiger partial charge in [-0.3, -0.25) is 0 Å². The standard InChI is InChI=1S/C10H15N3O/c1-7-9(11)5-12-10(13-7)8-3-2-4-14-6-8/h5,8H,2-4,6,11H2,1H3. The lowest BCUT2D eigenvalue weighted by molar-refractivity contribution is 0.0780. The van der Waals surface area contributed by atoms with Crippen LogP contribution in [-0.4, -0.2) is 23.2 Å². The van der Waals surface area contributed by atoms with E-state index in [0.717, 1.165) is 37.6 Å². The molecule has 0 spiro atoms. The zero-order valence-corrected chi connectivity index (χ0v) is 8.36. The smallest absolute Gasteiger partial charge is 0.134 e. The third kappa shape index (κ3) is 1.85. The molecule has 14 heavy (non-hydrogen) atoms. The Bertz CT molecular complexity index is 321. The number of nitrogen functional groups attached to an aromatic ring is 1. The van der Waals surface area contributed by atoms with Crippen molar-refractivity contribution < 1.29 is 4.74 Å². The average molecular weight is 193 g/mol. The first-order valence-corrected chi connectivity index (χ1v) is 4.94. The minimum atomic E-state index is 0.350. The number of nitrogens with two attached hydrogens (primary N) is 1. The second kappa shape index (κ2) is 3.92. The van der Waals surface area contributed by atoms with E-state index in [0.29, 0.717) is 11.6 Å². The van der Waals surface area contributed by atoms with Gasteiger partial charge in [0.2, 0.25) is 0 Å². The van der Waals surface area contributed by atoms with Crippen LogP contribution in [-0.2, 0) is 4.74 Å². The van der Waals surface area contributed by atoms with Crippen LogP contribution in [0.5, 0.6) is 0 Å². The highest BCUT2D eigenvalue weighted by molar-refractivity contribution is 5.39. The Morgan fingerprint density at radius 2 is 2.43 bits per heavy atom. The summed E-state index contributed by atoms with van der Waals surface area (Å²) in [5.74, 6) is 1.22. The molecule has 0 saturated carbocycles. The molecule has 1 aliphatic rings. The number of aromatic nitrogens is 2. The van der Waals surface area contributed by atoms with Gasteiger partial charge in [-0.05, 0) is 19.8 Å². The van der Waals surface area contributed by atoms with Crippen molar-refractivity contribution in [2.75, 3.05) is 18.9 Å². The van der Waals surface area contributed by atoms with Crippen LogP contribution in [0, 0.1) is 6.92 Å². The van der Waals surface area contributed by atoms with E-state index in [1.165, 1.54) is 0 Å². The van der Waals surface area contributed by atoms with Crippen molar-refractivity contribution in [1.29, 1.82) is 0 Å². The molecule has 4 heteroatoms. The van der Waals surface area contributed by atoms with E-state index in [1.54, 1.807) is 6.20 Å². The minimum absolute atomic E-state index is 0.350. The topological polar surface area (TPSA) is 61.0 Å². The van der Waals surface area contributed by atoms with Crippen LogP contribution in [0.1, 0.15) is 30.3 Å². The van der Waals surface area contributed by atoms with E-state index in [1.807, 2.05) is 6.92 Å². The zero-order valence-electron chi connectivity index (χ0n) is 8.36. The summed E-state index contributed by atoms with van der Waals surface area (Å²) in [5, 5.41) is 0. The number of ether oxygens (including phenoxy) is 1. The van der Waals surface area contributed by atoms with Gasteiger partial charge in [-0.2, -0.15) is 0 Å². The van der Waals surface area contributed by atoms with Gasteiger partial charge in [-0.1, -0.05) is 0 Å². The van der Waals surface area contributed by atoms with E-state index in [-0.39, 0.29) is 0 Å². The molecule has 0 aliphatic carbocycles. The quantitative estimate of drug-likeness (QED) is 0.729. The predicted molar refractivity (Wildman–Crippen MR) is 54.0 cm³/mol. The molecule has 76 valence electrons. The summed E-state index contributed by atoms with van der Waals surface area (Å²) >= 11 is 0. The Kier molecular flexibility index (Phi) is 2.63. The molecule has 2 rings (SSSR count). The van der Waals surface area contributed by atoms with Crippen LogP contribution in [0.2, 0.25) is 0 Å². The second-order valence-corrected chi connectivity index (χ2v) is 3.68. The first kappa shape index (κ1) is 9.40. The van der Waals surface area contributed by atoms with E-state index >= 15 is 0 Å². The van der Waals surface area contributed by atoms with Crippen molar-refractivity contribution in [3.63, 3.8) is 0 Å². The lowest BCUT2D eigenvalue weighted by Gasteiger charge is -2.20. The molecule has 2 N–H and O–H groups in total. The van der Waals surface area contributed by atoms with E-state index in [9.17, 15) is 0 Å². The van der Waals surface area contributed by atoms with Gasteiger partial charge < -0.3 is 10.5 Å². The van der Waals surface area contributed by atoms with Crippen LogP contribution < -0.4 is 5.73 Å². The molecule has 0 aromatic carbocycles. The average Bonchev–Trinajstić information content (AvgIpc) is 2.23. The van der Waals surface area contributed by atoms with Crippen molar-refractivity contribution in [3.8, 4) is 0 Å². The highest BCUT2D eigenvalue weighted by Gasteiger charge is 2.18. The fraction of sp³-hybridized carbons (Fsp3) is 0.600. The molecule has 2 heterocycles. The largest absolute Gasteiger partial charge is 0.396 e. The molecule has 1 fully saturated rings. The highest BCUT2D eigenvalue weighted by Crippen LogP contribution is 2.23. The fourth-order valence-corrected chi connectivity index (χ4v) is 1.64. The molecule has 0 bridgehead atoms. The van der Waals surface area contributed by atoms with Gasteiger partial charge in [0, 0.05) is 12.5 Å². The number of nitrogens with zero attached hydrogens (tertiary/aromatic N) is 2. The highest BCUT2D eigenvalue weighted by atomic mass is 16.5. The van der Waals surface area contributed by atoms with Crippen molar-refractivity contribution in [2.24, 2.45) is 0 Å². The van der Waals surface area contributed by atoms with Crippen LogP contribution in [0.3, 0.4) is 0 Å². The van der Waals surface area contributed by atoms with Gasteiger partial charge in [0.05, 0.1) is 24.2 Å². The Labute approximate surface area is 83.5 Å². The van der Waals surface area contributed by atoms with E-state index in [4.69, 9.17) is 10.5 Å². The van der Waals surface area contributed by atoms with Crippen LogP contribution in [0.4, 0.5) is 5.69 Å². The second-order valence-electron chi connectivity index (χ2n) is 3.68. The third-order valence-electron chi connectivity index (χ3n) is 2.56. The summed E-state index contributed by atoms with van der Waals surface area (Å²) in [6.45, 7) is 3.51. The van der Waals surface area contributed by atoms with Gasteiger partial charge in [0.1, 0.15) is 5.82 Å². The molecule has 1 aromatic heterocycles. The SMILES string of the molecule is Cc1nc(C2CCCOC2)ncc1N. The Morgan fingerprint density at radius 3 is 3.07 bits per heavy atom. The van der Waals surface area contributed by atoms with Gasteiger partial charge in [0.15, 0.2) is 0 Å². The van der Waals surface area contributed by atoms with Gasteiger partial charge in [-0.15, -0.1) is 0 Å². The molecule has 1 unspecified atom stereocenters. The minimum Gasteiger partial charge on any atom is -0.396 e. The summed E-state index contributed by atoms with van der Waals surface area (Å²) < 4.78 is 5.40. The van der Waals surface area contributed by atoms with E-state index in [2.05, 4.69) is 9.97 Å². The number of aryl methyl sites for hydroxylation is 1. The third-order valence-corrected chi connectivity index (χ3v) is 2.56. The monoisotopic (exact) mass is 193 g/mol. The number of rotatable bonds is 1. The molecular formula is C10H15N3O. The molecule has 0 radical (unpaired) electrons. The first-order valence-electron chi connectivity index (χ1n) is 4.94. The van der Waals surface area contributed by atoms with Gasteiger partial charge in [-0.25, -0.2) is 9.97 Å². The molecule has 1 atom stereocenters. The normalized spacial score (nSPS) is 22.2. The zero-order chi connectivity index (χ0) is 9.97. The Hall–Kier alpha value is -1.16. The summed E-state index contributed by atoms with van der Waals surface area (Å²) in [5.41, 5.74) is 7.18. The van der Waals surface area contributed by atoms with Crippen molar-refractivity contribution in [3.05, 3.63) is 17.7 Å². The van der Waals surface area contributed by atoms with Crippen molar-refractivity contribution >= 4 is 5.69 Å². The van der Waals surface area contributed by atoms with Crippen molar-refractivity contribution in [1.82, 2.24) is 9.97 Å². The maximum atomic E-state index is 5.66. The molecule has 1 aromatic rings. The predicted octanol–water partition coefficient (Wildman–Crippen LogP) is 1.26. The molecule has 1 aliphatic heterocycles. The lowest BCUT2D eigenvalue weighted by Crippen LogP contribution is -2.18. The molecular weight excluding hydrogens is 178 g/mol. The van der Waals surface area contributed by atoms with Gasteiger partial charge in [0.25, 0.3) is 0 Å².